The fourth-order valence-electron chi connectivity index (χ4n) is 2.47. The Kier molecular flexibility index (Phi) is 5.77. The molecular weight excluding hydrogens is 204 g/mol. The second kappa shape index (κ2) is 6.86. The van der Waals surface area contributed by atoms with Gasteiger partial charge in [0.05, 0.1) is 7.11 Å². The predicted molar refractivity (Wildman–Crippen MR) is 64.4 cm³/mol. The third-order valence-corrected chi connectivity index (χ3v) is 3.50. The van der Waals surface area contributed by atoms with Gasteiger partial charge in [-0.25, -0.2) is 0 Å². The number of likely N-dealkylation sites (N-methyl/N-ethyl adjacent to an activating group) is 2. The number of rotatable bonds is 6. The van der Waals surface area contributed by atoms with Crippen LogP contribution in [0, 0.1) is 0 Å². The number of nitrogens with zero attached hydrogens (tertiary/aromatic N) is 1. The van der Waals surface area contributed by atoms with Crippen molar-refractivity contribution in [1.82, 2.24) is 10.2 Å². The van der Waals surface area contributed by atoms with Gasteiger partial charge < -0.3 is 10.1 Å². The van der Waals surface area contributed by atoms with Crippen molar-refractivity contribution in [2.24, 2.45) is 0 Å². The molecule has 1 unspecified atom stereocenters. The second-order valence-electron chi connectivity index (χ2n) is 4.39. The van der Waals surface area contributed by atoms with Crippen LogP contribution in [0.5, 0.6) is 0 Å². The summed E-state index contributed by atoms with van der Waals surface area (Å²) >= 11 is 0. The number of methoxy groups -OCH3 is 1. The summed E-state index contributed by atoms with van der Waals surface area (Å²) in [4.78, 5) is 13.9. The molecular formula is C12H24N2O2. The molecule has 0 bridgehead atoms. The van der Waals surface area contributed by atoms with E-state index in [1.54, 1.807) is 0 Å². The summed E-state index contributed by atoms with van der Waals surface area (Å²) in [6, 6.07) is 0.455. The van der Waals surface area contributed by atoms with Crippen molar-refractivity contribution in [2.75, 3.05) is 27.2 Å². The Balaban J connectivity index is 2.49. The lowest BCUT2D eigenvalue weighted by atomic mass is 10.1. The minimum atomic E-state index is -0.203. The van der Waals surface area contributed by atoms with Crippen LogP contribution in [-0.2, 0) is 9.53 Å². The molecule has 1 aliphatic rings. The van der Waals surface area contributed by atoms with Crippen molar-refractivity contribution in [3.8, 4) is 0 Å². The highest BCUT2D eigenvalue weighted by atomic mass is 16.5. The highest BCUT2D eigenvalue weighted by molar-refractivity contribution is 5.75. The number of carbonyl (C=O) groups is 1. The zero-order chi connectivity index (χ0) is 12.0. The largest absolute Gasteiger partial charge is 0.468 e. The van der Waals surface area contributed by atoms with Crippen LogP contribution in [0.2, 0.25) is 0 Å². The van der Waals surface area contributed by atoms with E-state index in [0.717, 1.165) is 13.1 Å². The topological polar surface area (TPSA) is 41.6 Å². The van der Waals surface area contributed by atoms with Gasteiger partial charge in [-0.15, -0.1) is 0 Å². The maximum absolute atomic E-state index is 11.5. The van der Waals surface area contributed by atoms with Gasteiger partial charge in [-0.2, -0.15) is 0 Å². The molecule has 0 saturated heterocycles. The molecule has 0 spiro atoms. The molecule has 16 heavy (non-hydrogen) atoms. The first kappa shape index (κ1) is 13.5. The van der Waals surface area contributed by atoms with E-state index in [4.69, 9.17) is 4.74 Å². The molecule has 1 rings (SSSR count). The first-order chi connectivity index (χ1) is 7.72. The Morgan fingerprint density at radius 3 is 2.56 bits per heavy atom. The van der Waals surface area contributed by atoms with Crippen LogP contribution in [0.3, 0.4) is 0 Å². The molecule has 1 aliphatic carbocycles. The van der Waals surface area contributed by atoms with Crippen molar-refractivity contribution in [1.29, 1.82) is 0 Å². The maximum atomic E-state index is 11.5. The second-order valence-corrected chi connectivity index (χ2v) is 4.39. The van der Waals surface area contributed by atoms with Crippen LogP contribution >= 0.6 is 0 Å². The molecule has 4 nitrogen and oxygen atoms in total. The first-order valence-corrected chi connectivity index (χ1v) is 6.22. The molecule has 0 aromatic heterocycles. The van der Waals surface area contributed by atoms with E-state index in [1.165, 1.54) is 32.8 Å². The van der Waals surface area contributed by atoms with Gasteiger partial charge >= 0.3 is 5.97 Å². The zero-order valence-corrected chi connectivity index (χ0v) is 10.7. The summed E-state index contributed by atoms with van der Waals surface area (Å²) in [5, 5.41) is 3.02. The van der Waals surface area contributed by atoms with E-state index in [2.05, 4.69) is 17.1 Å². The van der Waals surface area contributed by atoms with Crippen LogP contribution in [0.15, 0.2) is 0 Å². The minimum absolute atomic E-state index is 0.168. The molecule has 1 atom stereocenters. The Bertz CT molecular complexity index is 215. The molecule has 0 radical (unpaired) electrons. The third kappa shape index (κ3) is 3.46. The lowest BCUT2D eigenvalue weighted by molar-refractivity contribution is -0.143. The first-order valence-electron chi connectivity index (χ1n) is 6.22. The number of nitrogens with one attached hydrogen (secondary N) is 1. The number of carbonyl (C=O) groups excluding carboxylic acids is 1. The monoisotopic (exact) mass is 228 g/mol. The summed E-state index contributed by atoms with van der Waals surface area (Å²) in [6.07, 6.45) is 5.18. The van der Waals surface area contributed by atoms with Crippen LogP contribution in [0.1, 0.15) is 32.6 Å². The average molecular weight is 228 g/mol. The Hall–Kier alpha value is -0.610. The Morgan fingerprint density at radius 2 is 2.12 bits per heavy atom. The van der Waals surface area contributed by atoms with E-state index < -0.39 is 0 Å². The van der Waals surface area contributed by atoms with Crippen molar-refractivity contribution in [3.63, 3.8) is 0 Å². The molecule has 0 heterocycles. The molecule has 0 aromatic carbocycles. The minimum Gasteiger partial charge on any atom is -0.468 e. The molecule has 94 valence electrons. The molecule has 1 fully saturated rings. The summed E-state index contributed by atoms with van der Waals surface area (Å²) < 4.78 is 4.78. The summed E-state index contributed by atoms with van der Waals surface area (Å²) in [6.45, 7) is 3.91. The molecule has 4 heteroatoms. The van der Waals surface area contributed by atoms with Crippen molar-refractivity contribution >= 4 is 5.97 Å². The molecule has 1 N–H and O–H groups in total. The van der Waals surface area contributed by atoms with E-state index in [9.17, 15) is 4.79 Å². The highest BCUT2D eigenvalue weighted by Crippen LogP contribution is 2.23. The van der Waals surface area contributed by atoms with Gasteiger partial charge in [0.25, 0.3) is 0 Å². The fourth-order valence-corrected chi connectivity index (χ4v) is 2.47. The molecule has 0 aliphatic heterocycles. The predicted octanol–water partition coefficient (Wildman–Crippen LogP) is 1.01. The summed E-state index contributed by atoms with van der Waals surface area (Å²) in [5.74, 6) is -0.168. The summed E-state index contributed by atoms with van der Waals surface area (Å²) in [7, 11) is 3.25. The normalized spacial score (nSPS) is 19.0. The SMILES string of the molecule is CCN(CC(NC)C(=O)OC)C1CCCC1. The van der Waals surface area contributed by atoms with Gasteiger partial charge in [0.1, 0.15) is 6.04 Å². The molecule has 0 amide bonds. The Morgan fingerprint density at radius 1 is 1.50 bits per heavy atom. The van der Waals surface area contributed by atoms with E-state index in [0.29, 0.717) is 6.04 Å². The number of ether oxygens (including phenoxy) is 1. The molecule has 1 saturated carbocycles. The smallest absolute Gasteiger partial charge is 0.324 e. The average Bonchev–Trinajstić information content (AvgIpc) is 2.83. The van der Waals surface area contributed by atoms with Crippen molar-refractivity contribution in [3.05, 3.63) is 0 Å². The van der Waals surface area contributed by atoms with Gasteiger partial charge in [0.2, 0.25) is 0 Å². The van der Waals surface area contributed by atoms with Gasteiger partial charge in [0.15, 0.2) is 0 Å². The quantitative estimate of drug-likeness (QED) is 0.689. The Labute approximate surface area is 98.3 Å². The van der Waals surface area contributed by atoms with Gasteiger partial charge in [-0.3, -0.25) is 9.69 Å². The fraction of sp³-hybridized carbons (Fsp3) is 0.917. The van der Waals surface area contributed by atoms with Gasteiger partial charge in [-0.05, 0) is 26.4 Å². The lowest BCUT2D eigenvalue weighted by Gasteiger charge is -2.30. The zero-order valence-electron chi connectivity index (χ0n) is 10.7. The lowest BCUT2D eigenvalue weighted by Crippen LogP contribution is -2.48. The van der Waals surface area contributed by atoms with Crippen molar-refractivity contribution in [2.45, 2.75) is 44.7 Å². The number of esters is 1. The van der Waals surface area contributed by atoms with E-state index >= 15 is 0 Å². The van der Waals surface area contributed by atoms with Crippen LogP contribution in [0.4, 0.5) is 0 Å². The van der Waals surface area contributed by atoms with E-state index in [-0.39, 0.29) is 12.0 Å². The standard InChI is InChI=1S/C12H24N2O2/c1-4-14(10-7-5-6-8-10)9-11(13-2)12(15)16-3/h10-11,13H,4-9H2,1-3H3. The van der Waals surface area contributed by atoms with Crippen molar-refractivity contribution < 1.29 is 9.53 Å². The highest BCUT2D eigenvalue weighted by Gasteiger charge is 2.26. The third-order valence-electron chi connectivity index (χ3n) is 3.50. The summed E-state index contributed by atoms with van der Waals surface area (Å²) in [5.41, 5.74) is 0. The number of hydrogen-bond donors (Lipinski definition) is 1. The number of hydrogen-bond acceptors (Lipinski definition) is 4. The maximum Gasteiger partial charge on any atom is 0.324 e. The van der Waals surface area contributed by atoms with Crippen LogP contribution in [0.25, 0.3) is 0 Å². The van der Waals surface area contributed by atoms with Crippen LogP contribution < -0.4 is 5.32 Å². The van der Waals surface area contributed by atoms with Gasteiger partial charge in [0, 0.05) is 12.6 Å². The molecule has 0 aromatic rings. The van der Waals surface area contributed by atoms with E-state index in [1.807, 2.05) is 7.05 Å². The van der Waals surface area contributed by atoms with Crippen LogP contribution in [-0.4, -0.2) is 50.2 Å². The van der Waals surface area contributed by atoms with Gasteiger partial charge in [-0.1, -0.05) is 19.8 Å².